The van der Waals surface area contributed by atoms with Crippen molar-refractivity contribution in [1.82, 2.24) is 14.9 Å². The molecule has 1 heterocycles. The highest BCUT2D eigenvalue weighted by atomic mass is 15.2. The first-order chi connectivity index (χ1) is 7.69. The smallest absolute Gasteiger partial charge is 0.144 e. The Morgan fingerprint density at radius 2 is 2.19 bits per heavy atom. The summed E-state index contributed by atoms with van der Waals surface area (Å²) in [4.78, 5) is 11.2. The topological polar surface area (TPSA) is 55.0 Å². The van der Waals surface area contributed by atoms with Crippen molar-refractivity contribution in [3.8, 4) is 0 Å². The van der Waals surface area contributed by atoms with Gasteiger partial charge in [0.15, 0.2) is 0 Å². The van der Waals surface area contributed by atoms with Gasteiger partial charge in [0.2, 0.25) is 0 Å². The van der Waals surface area contributed by atoms with Crippen LogP contribution in [0.3, 0.4) is 0 Å². The van der Waals surface area contributed by atoms with Gasteiger partial charge >= 0.3 is 0 Å². The van der Waals surface area contributed by atoms with Gasteiger partial charge in [-0.25, -0.2) is 9.97 Å². The molecular formula is C12H20N4. The molecule has 1 aliphatic carbocycles. The third kappa shape index (κ3) is 2.92. The maximum Gasteiger partial charge on any atom is 0.144 e. The van der Waals surface area contributed by atoms with Crippen molar-refractivity contribution in [3.05, 3.63) is 17.6 Å². The number of anilines is 1. The van der Waals surface area contributed by atoms with Gasteiger partial charge in [-0.05, 0) is 32.7 Å². The summed E-state index contributed by atoms with van der Waals surface area (Å²) < 4.78 is 0. The van der Waals surface area contributed by atoms with E-state index in [0.717, 1.165) is 30.6 Å². The van der Waals surface area contributed by atoms with Crippen LogP contribution in [0.2, 0.25) is 0 Å². The van der Waals surface area contributed by atoms with Gasteiger partial charge in [-0.2, -0.15) is 0 Å². The molecule has 0 bridgehead atoms. The molecule has 0 aliphatic heterocycles. The highest BCUT2D eigenvalue weighted by molar-refractivity contribution is 5.29. The fourth-order valence-corrected chi connectivity index (χ4v) is 2.03. The Labute approximate surface area is 96.9 Å². The van der Waals surface area contributed by atoms with Crippen molar-refractivity contribution in [2.24, 2.45) is 0 Å². The number of hydrogen-bond donors (Lipinski definition) is 1. The lowest BCUT2D eigenvalue weighted by molar-refractivity contribution is 0.249. The van der Waals surface area contributed by atoms with Crippen LogP contribution in [-0.2, 0) is 6.54 Å². The Hall–Kier alpha value is -1.16. The van der Waals surface area contributed by atoms with E-state index < -0.39 is 0 Å². The molecule has 4 nitrogen and oxygen atoms in total. The summed E-state index contributed by atoms with van der Waals surface area (Å²) >= 11 is 0. The number of nitrogen functional groups attached to an aromatic ring is 1. The maximum absolute atomic E-state index is 5.73. The summed E-state index contributed by atoms with van der Waals surface area (Å²) in [6.07, 6.45) is 3.82. The monoisotopic (exact) mass is 220 g/mol. The van der Waals surface area contributed by atoms with E-state index in [9.17, 15) is 0 Å². The molecule has 0 amide bonds. The Bertz CT molecular complexity index is 340. The first-order valence-corrected chi connectivity index (χ1v) is 6.03. The molecule has 0 unspecified atom stereocenters. The van der Waals surface area contributed by atoms with Gasteiger partial charge < -0.3 is 5.73 Å². The third-order valence-corrected chi connectivity index (χ3v) is 2.84. The fourth-order valence-electron chi connectivity index (χ4n) is 2.03. The second-order valence-electron chi connectivity index (χ2n) is 4.55. The van der Waals surface area contributed by atoms with E-state index in [1.165, 1.54) is 19.3 Å². The lowest BCUT2D eigenvalue weighted by Gasteiger charge is -2.20. The number of hydrogen-bond acceptors (Lipinski definition) is 4. The average molecular weight is 220 g/mol. The predicted octanol–water partition coefficient (Wildman–Crippen LogP) is 1.74. The number of nitrogens with zero attached hydrogens (tertiary/aromatic N) is 3. The van der Waals surface area contributed by atoms with E-state index >= 15 is 0 Å². The van der Waals surface area contributed by atoms with E-state index in [-0.39, 0.29) is 0 Å². The van der Waals surface area contributed by atoms with Crippen molar-refractivity contribution >= 4 is 5.82 Å². The van der Waals surface area contributed by atoms with Crippen molar-refractivity contribution in [3.63, 3.8) is 0 Å². The van der Waals surface area contributed by atoms with Crippen LogP contribution in [0.5, 0.6) is 0 Å². The normalized spacial score (nSPS) is 15.7. The highest BCUT2D eigenvalue weighted by Gasteiger charge is 2.28. The molecule has 2 rings (SSSR count). The van der Waals surface area contributed by atoms with Crippen molar-refractivity contribution in [2.45, 2.75) is 45.7 Å². The number of aryl methyl sites for hydroxylation is 1. The first-order valence-electron chi connectivity index (χ1n) is 6.03. The Morgan fingerprint density at radius 3 is 2.75 bits per heavy atom. The van der Waals surface area contributed by atoms with Crippen LogP contribution in [0.25, 0.3) is 0 Å². The van der Waals surface area contributed by atoms with Crippen LogP contribution in [-0.4, -0.2) is 27.5 Å². The molecule has 1 aliphatic rings. The molecule has 88 valence electrons. The van der Waals surface area contributed by atoms with Gasteiger partial charge in [-0.15, -0.1) is 0 Å². The van der Waals surface area contributed by atoms with E-state index in [2.05, 4.69) is 21.8 Å². The van der Waals surface area contributed by atoms with Gasteiger partial charge in [0, 0.05) is 17.8 Å². The summed E-state index contributed by atoms with van der Waals surface area (Å²) in [6.45, 7) is 6.13. The predicted molar refractivity (Wildman–Crippen MR) is 64.9 cm³/mol. The SMILES string of the molecule is CCCN(Cc1nc(C)cc(N)n1)C1CC1. The second-order valence-corrected chi connectivity index (χ2v) is 4.55. The summed E-state index contributed by atoms with van der Waals surface area (Å²) in [6, 6.07) is 2.57. The van der Waals surface area contributed by atoms with Crippen LogP contribution >= 0.6 is 0 Å². The molecule has 0 radical (unpaired) electrons. The van der Waals surface area contributed by atoms with Gasteiger partial charge in [-0.3, -0.25) is 4.90 Å². The molecule has 16 heavy (non-hydrogen) atoms. The standard InChI is InChI=1S/C12H20N4/c1-3-6-16(10-4-5-10)8-12-14-9(2)7-11(13)15-12/h7,10H,3-6,8H2,1-2H3,(H2,13,14,15). The van der Waals surface area contributed by atoms with Gasteiger partial charge in [0.25, 0.3) is 0 Å². The number of nitrogens with two attached hydrogens (primary N) is 1. The summed E-state index contributed by atoms with van der Waals surface area (Å²) in [5.74, 6) is 1.44. The van der Waals surface area contributed by atoms with Crippen molar-refractivity contribution in [1.29, 1.82) is 0 Å². The molecule has 1 fully saturated rings. The molecule has 0 spiro atoms. The van der Waals surface area contributed by atoms with Crippen LogP contribution in [0.1, 0.15) is 37.7 Å². The molecule has 4 heteroatoms. The number of rotatable bonds is 5. The van der Waals surface area contributed by atoms with Crippen LogP contribution in [0.4, 0.5) is 5.82 Å². The van der Waals surface area contributed by atoms with E-state index in [1.807, 2.05) is 13.0 Å². The zero-order valence-electron chi connectivity index (χ0n) is 10.1. The minimum absolute atomic E-state index is 0.578. The minimum Gasteiger partial charge on any atom is -0.384 e. The zero-order chi connectivity index (χ0) is 11.5. The summed E-state index contributed by atoms with van der Waals surface area (Å²) in [5, 5.41) is 0. The fraction of sp³-hybridized carbons (Fsp3) is 0.667. The lowest BCUT2D eigenvalue weighted by Crippen LogP contribution is -2.27. The Morgan fingerprint density at radius 1 is 1.44 bits per heavy atom. The van der Waals surface area contributed by atoms with E-state index in [4.69, 9.17) is 5.73 Å². The largest absolute Gasteiger partial charge is 0.384 e. The summed E-state index contributed by atoms with van der Waals surface area (Å²) in [7, 11) is 0. The molecule has 1 saturated carbocycles. The average Bonchev–Trinajstić information content (AvgIpc) is 2.98. The first kappa shape index (κ1) is 11.3. The minimum atomic E-state index is 0.578. The molecule has 2 N–H and O–H groups in total. The second kappa shape index (κ2) is 4.78. The third-order valence-electron chi connectivity index (χ3n) is 2.84. The molecular weight excluding hydrogens is 200 g/mol. The van der Waals surface area contributed by atoms with Gasteiger partial charge in [-0.1, -0.05) is 6.92 Å². The Kier molecular flexibility index (Phi) is 3.39. The van der Waals surface area contributed by atoms with Crippen LogP contribution in [0.15, 0.2) is 6.07 Å². The molecule has 0 aromatic carbocycles. The molecule has 1 aromatic heterocycles. The highest BCUT2D eigenvalue weighted by Crippen LogP contribution is 2.27. The van der Waals surface area contributed by atoms with Crippen LogP contribution < -0.4 is 5.73 Å². The van der Waals surface area contributed by atoms with E-state index in [0.29, 0.717) is 5.82 Å². The lowest BCUT2D eigenvalue weighted by atomic mass is 10.3. The van der Waals surface area contributed by atoms with E-state index in [1.54, 1.807) is 0 Å². The number of aromatic nitrogens is 2. The van der Waals surface area contributed by atoms with Crippen molar-refractivity contribution in [2.75, 3.05) is 12.3 Å². The van der Waals surface area contributed by atoms with Crippen LogP contribution in [0, 0.1) is 6.92 Å². The van der Waals surface area contributed by atoms with Gasteiger partial charge in [0.1, 0.15) is 11.6 Å². The maximum atomic E-state index is 5.73. The summed E-state index contributed by atoms with van der Waals surface area (Å²) in [5.41, 5.74) is 6.68. The molecule has 0 saturated heterocycles. The molecule has 1 aromatic rings. The zero-order valence-corrected chi connectivity index (χ0v) is 10.1. The van der Waals surface area contributed by atoms with Crippen molar-refractivity contribution < 1.29 is 0 Å². The quantitative estimate of drug-likeness (QED) is 0.821. The molecule has 0 atom stereocenters. The van der Waals surface area contributed by atoms with Gasteiger partial charge in [0.05, 0.1) is 6.54 Å². The Balaban J connectivity index is 2.05.